The Morgan fingerprint density at radius 2 is 1.77 bits per heavy atom. The quantitative estimate of drug-likeness (QED) is 0.892. The summed E-state index contributed by atoms with van der Waals surface area (Å²) < 4.78 is 41.7. The van der Waals surface area contributed by atoms with Crippen molar-refractivity contribution >= 4 is 21.6 Å². The second-order valence-corrected chi connectivity index (χ2v) is 8.39. The third kappa shape index (κ3) is 3.64. The minimum Gasteiger partial charge on any atom is -0.311 e. The number of nitrogens with one attached hydrogen (secondary N) is 1. The number of nitrogens with zero attached hydrogens (tertiary/aromatic N) is 1. The summed E-state index contributed by atoms with van der Waals surface area (Å²) in [6.45, 7) is 5.60. The molecular formula is C19H21FN2O3S. The number of hydrogen-bond donors (Lipinski definition) is 1. The monoisotopic (exact) mass is 376 g/mol. The molecular weight excluding hydrogens is 355 g/mol. The van der Waals surface area contributed by atoms with Crippen molar-refractivity contribution < 1.29 is 17.6 Å². The van der Waals surface area contributed by atoms with Gasteiger partial charge < -0.3 is 4.90 Å². The highest BCUT2D eigenvalue weighted by Crippen LogP contribution is 2.25. The van der Waals surface area contributed by atoms with Crippen LogP contribution in [0.2, 0.25) is 0 Å². The number of aryl methyl sites for hydroxylation is 3. The largest absolute Gasteiger partial charge is 0.311 e. The lowest BCUT2D eigenvalue weighted by Crippen LogP contribution is -2.37. The van der Waals surface area contributed by atoms with E-state index in [-0.39, 0.29) is 23.8 Å². The molecule has 0 aliphatic carbocycles. The highest BCUT2D eigenvalue weighted by atomic mass is 32.2. The molecule has 3 rings (SSSR count). The van der Waals surface area contributed by atoms with Crippen LogP contribution in [-0.4, -0.2) is 26.9 Å². The lowest BCUT2D eigenvalue weighted by Gasteiger charge is -2.18. The molecule has 0 spiro atoms. The van der Waals surface area contributed by atoms with E-state index in [4.69, 9.17) is 0 Å². The Hall–Kier alpha value is -2.25. The van der Waals surface area contributed by atoms with E-state index in [1.807, 2.05) is 19.1 Å². The Bertz CT molecular complexity index is 949. The van der Waals surface area contributed by atoms with Gasteiger partial charge in [-0.05, 0) is 50.1 Å². The van der Waals surface area contributed by atoms with E-state index >= 15 is 0 Å². The van der Waals surface area contributed by atoms with Gasteiger partial charge >= 0.3 is 0 Å². The minimum absolute atomic E-state index is 0.0414. The maximum Gasteiger partial charge on any atom is 0.241 e. The molecule has 0 unspecified atom stereocenters. The summed E-state index contributed by atoms with van der Waals surface area (Å²) in [5.41, 5.74) is 2.76. The van der Waals surface area contributed by atoms with E-state index in [0.717, 1.165) is 5.56 Å². The summed E-state index contributed by atoms with van der Waals surface area (Å²) in [6, 6.07) is 8.80. The first-order chi connectivity index (χ1) is 12.2. The van der Waals surface area contributed by atoms with Crippen LogP contribution in [0, 0.1) is 26.6 Å². The van der Waals surface area contributed by atoms with Crippen LogP contribution in [0.4, 0.5) is 10.1 Å². The Kier molecular flexibility index (Phi) is 4.86. The number of anilines is 1. The van der Waals surface area contributed by atoms with Crippen LogP contribution in [0.1, 0.15) is 23.1 Å². The average molecular weight is 376 g/mol. The van der Waals surface area contributed by atoms with Crippen LogP contribution in [0.15, 0.2) is 41.3 Å². The van der Waals surface area contributed by atoms with Crippen LogP contribution in [0.5, 0.6) is 0 Å². The van der Waals surface area contributed by atoms with Gasteiger partial charge in [-0.3, -0.25) is 4.79 Å². The number of hydrogen-bond acceptors (Lipinski definition) is 3. The van der Waals surface area contributed by atoms with Crippen molar-refractivity contribution in [1.82, 2.24) is 4.72 Å². The molecule has 1 saturated heterocycles. The van der Waals surface area contributed by atoms with Crippen LogP contribution in [0.25, 0.3) is 0 Å². The topological polar surface area (TPSA) is 66.5 Å². The molecule has 5 nitrogen and oxygen atoms in total. The predicted molar refractivity (Wildman–Crippen MR) is 98.1 cm³/mol. The van der Waals surface area contributed by atoms with Gasteiger partial charge in [-0.1, -0.05) is 23.8 Å². The van der Waals surface area contributed by atoms with Gasteiger partial charge in [-0.15, -0.1) is 0 Å². The highest BCUT2D eigenvalue weighted by Gasteiger charge is 2.34. The molecule has 2 aromatic carbocycles. The fraction of sp³-hybridized carbons (Fsp3) is 0.316. The molecule has 0 aromatic heterocycles. The molecule has 7 heteroatoms. The van der Waals surface area contributed by atoms with Gasteiger partial charge in [0.15, 0.2) is 0 Å². The molecule has 0 bridgehead atoms. The van der Waals surface area contributed by atoms with Crippen molar-refractivity contribution in [3.63, 3.8) is 0 Å². The molecule has 1 heterocycles. The molecule has 26 heavy (non-hydrogen) atoms. The number of benzene rings is 2. The third-order valence-electron chi connectivity index (χ3n) is 4.44. The molecule has 0 saturated carbocycles. The van der Waals surface area contributed by atoms with Crippen LogP contribution < -0.4 is 9.62 Å². The number of carbonyl (C=O) groups excluding carboxylic acids is 1. The zero-order valence-corrected chi connectivity index (χ0v) is 15.7. The van der Waals surface area contributed by atoms with E-state index in [2.05, 4.69) is 4.72 Å². The van der Waals surface area contributed by atoms with Crippen LogP contribution >= 0.6 is 0 Å². The van der Waals surface area contributed by atoms with Crippen molar-refractivity contribution in [3.05, 3.63) is 58.9 Å². The van der Waals surface area contributed by atoms with Crippen molar-refractivity contribution in [2.45, 2.75) is 38.1 Å². The van der Waals surface area contributed by atoms with Gasteiger partial charge in [-0.25, -0.2) is 17.5 Å². The summed E-state index contributed by atoms with van der Waals surface area (Å²) in [4.78, 5) is 13.9. The molecule has 138 valence electrons. The third-order valence-corrected chi connectivity index (χ3v) is 6.27. The fourth-order valence-corrected chi connectivity index (χ4v) is 5.23. The molecule has 1 aliphatic rings. The molecule has 1 aliphatic heterocycles. The summed E-state index contributed by atoms with van der Waals surface area (Å²) in [5.74, 6) is -0.675. The zero-order valence-electron chi connectivity index (χ0n) is 14.9. The molecule has 1 N–H and O–H groups in total. The molecule has 0 radical (unpaired) electrons. The van der Waals surface area contributed by atoms with Gasteiger partial charge in [0.2, 0.25) is 15.9 Å². The summed E-state index contributed by atoms with van der Waals surface area (Å²) >= 11 is 0. The second-order valence-electron chi connectivity index (χ2n) is 6.73. The minimum atomic E-state index is -3.76. The van der Waals surface area contributed by atoms with E-state index < -0.39 is 21.9 Å². The van der Waals surface area contributed by atoms with E-state index in [9.17, 15) is 17.6 Å². The van der Waals surface area contributed by atoms with Gasteiger partial charge in [0.1, 0.15) is 5.82 Å². The summed E-state index contributed by atoms with van der Waals surface area (Å²) in [7, 11) is -3.76. The van der Waals surface area contributed by atoms with Crippen LogP contribution in [-0.2, 0) is 14.8 Å². The summed E-state index contributed by atoms with van der Waals surface area (Å²) in [6.07, 6.45) is 0.0414. The zero-order chi connectivity index (χ0) is 19.1. The van der Waals surface area contributed by atoms with Crippen molar-refractivity contribution in [2.24, 2.45) is 0 Å². The highest BCUT2D eigenvalue weighted by molar-refractivity contribution is 7.89. The predicted octanol–water partition coefficient (Wildman–Crippen LogP) is 2.83. The first kappa shape index (κ1) is 18.5. The summed E-state index contributed by atoms with van der Waals surface area (Å²) in [5, 5.41) is 0. The lowest BCUT2D eigenvalue weighted by atomic mass is 10.1. The SMILES string of the molecule is Cc1cc(C)c(S(=O)(=O)N[C@H]2CC(=O)N(c3cccc(F)c3)C2)c(C)c1. The molecule has 1 atom stereocenters. The first-order valence-electron chi connectivity index (χ1n) is 8.33. The lowest BCUT2D eigenvalue weighted by molar-refractivity contribution is -0.117. The number of carbonyl (C=O) groups is 1. The van der Waals surface area contributed by atoms with Crippen LogP contribution in [0.3, 0.4) is 0 Å². The van der Waals surface area contributed by atoms with Crippen molar-refractivity contribution in [3.8, 4) is 0 Å². The number of amides is 1. The molecule has 2 aromatic rings. The normalized spacial score (nSPS) is 17.8. The molecule has 1 fully saturated rings. The number of halogens is 1. The van der Waals surface area contributed by atoms with E-state index in [1.165, 1.54) is 23.1 Å². The Balaban J connectivity index is 1.83. The van der Waals surface area contributed by atoms with Gasteiger partial charge in [0.05, 0.1) is 4.90 Å². The van der Waals surface area contributed by atoms with Crippen molar-refractivity contribution in [2.75, 3.05) is 11.4 Å². The Morgan fingerprint density at radius 1 is 1.12 bits per heavy atom. The molecule has 1 amide bonds. The van der Waals surface area contributed by atoms with Gasteiger partial charge in [0.25, 0.3) is 0 Å². The standard InChI is InChI=1S/C19H21FN2O3S/c1-12-7-13(2)19(14(3)8-12)26(24,25)21-16-10-18(23)22(11-16)17-6-4-5-15(20)9-17/h4-9,16,21H,10-11H2,1-3H3/t16-/m0/s1. The Morgan fingerprint density at radius 3 is 2.38 bits per heavy atom. The average Bonchev–Trinajstić information content (AvgIpc) is 2.85. The Labute approximate surface area is 152 Å². The van der Waals surface area contributed by atoms with Crippen molar-refractivity contribution in [1.29, 1.82) is 0 Å². The maximum absolute atomic E-state index is 13.4. The fourth-order valence-electron chi connectivity index (χ4n) is 3.55. The van der Waals surface area contributed by atoms with E-state index in [1.54, 1.807) is 19.9 Å². The first-order valence-corrected chi connectivity index (χ1v) is 9.82. The maximum atomic E-state index is 13.4. The van der Waals surface area contributed by atoms with E-state index in [0.29, 0.717) is 16.8 Å². The van der Waals surface area contributed by atoms with Gasteiger partial charge in [-0.2, -0.15) is 0 Å². The number of sulfonamides is 1. The van der Waals surface area contributed by atoms with Gasteiger partial charge in [0, 0.05) is 24.7 Å². The number of rotatable bonds is 4. The smallest absolute Gasteiger partial charge is 0.241 e. The second kappa shape index (κ2) is 6.81.